The van der Waals surface area contributed by atoms with Gasteiger partial charge in [-0.05, 0) is 76.1 Å². The van der Waals surface area contributed by atoms with Gasteiger partial charge < -0.3 is 15.4 Å². The lowest BCUT2D eigenvalue weighted by Crippen LogP contribution is -2.59. The number of nitrogens with zero attached hydrogens (tertiary/aromatic N) is 4. The average molecular weight is 643 g/mol. The van der Waals surface area contributed by atoms with Crippen LogP contribution in [0.4, 0.5) is 18.0 Å². The summed E-state index contributed by atoms with van der Waals surface area (Å²) in [5.74, 6) is -2.93. The maximum atomic E-state index is 14.0. The van der Waals surface area contributed by atoms with Crippen molar-refractivity contribution in [1.29, 1.82) is 0 Å². The highest BCUT2D eigenvalue weighted by Gasteiger charge is 2.53. The number of likely N-dealkylation sites (tertiary alicyclic amines) is 1. The molecule has 0 radical (unpaired) electrons. The molecule has 248 valence electrons. The molecule has 0 spiro atoms. The number of alkyl halides is 3. The number of nitrogens with one attached hydrogen (secondary N) is 2. The third-order valence-corrected chi connectivity index (χ3v) is 8.57. The summed E-state index contributed by atoms with van der Waals surface area (Å²) in [5.41, 5.74) is 1.27. The van der Waals surface area contributed by atoms with Gasteiger partial charge >= 0.3 is 12.3 Å². The number of hydrogen-bond acceptors (Lipinski definition) is 6. The molecule has 2 fully saturated rings. The normalized spacial score (nSPS) is 20.3. The van der Waals surface area contributed by atoms with Crippen LogP contribution < -0.4 is 10.6 Å². The maximum Gasteiger partial charge on any atom is 0.410 e. The molecule has 1 saturated carbocycles. The summed E-state index contributed by atoms with van der Waals surface area (Å²) in [6, 6.07) is 8.60. The fourth-order valence-corrected chi connectivity index (χ4v) is 6.38. The molecule has 10 nitrogen and oxygen atoms in total. The van der Waals surface area contributed by atoms with Crippen molar-refractivity contribution in [2.24, 2.45) is 11.8 Å². The maximum absolute atomic E-state index is 14.0. The Balaban J connectivity index is 1.34. The largest absolute Gasteiger partial charge is 0.444 e. The summed E-state index contributed by atoms with van der Waals surface area (Å²) in [4.78, 5) is 45.0. The van der Waals surface area contributed by atoms with Gasteiger partial charge in [0, 0.05) is 18.7 Å². The second-order valence-corrected chi connectivity index (χ2v) is 13.2. The Hall–Kier alpha value is -4.16. The lowest BCUT2D eigenvalue weighted by atomic mass is 9.82. The molecule has 1 unspecified atom stereocenters. The van der Waals surface area contributed by atoms with Crippen LogP contribution in [-0.4, -0.2) is 61.8 Å². The Morgan fingerprint density at radius 1 is 1.02 bits per heavy atom. The molecule has 1 aromatic carbocycles. The summed E-state index contributed by atoms with van der Waals surface area (Å²) < 4.78 is 49.0. The van der Waals surface area contributed by atoms with Crippen molar-refractivity contribution in [3.63, 3.8) is 0 Å². The number of rotatable bonds is 7. The summed E-state index contributed by atoms with van der Waals surface area (Å²) >= 11 is 0. The lowest BCUT2D eigenvalue weighted by molar-refractivity contribution is -0.201. The summed E-state index contributed by atoms with van der Waals surface area (Å²) in [7, 11) is 0. The van der Waals surface area contributed by atoms with Crippen LogP contribution in [0.1, 0.15) is 93.4 Å². The van der Waals surface area contributed by atoms with Gasteiger partial charge in [-0.3, -0.25) is 14.5 Å². The van der Waals surface area contributed by atoms with Gasteiger partial charge in [0.25, 0.3) is 5.91 Å². The summed E-state index contributed by atoms with van der Waals surface area (Å²) in [6.07, 6.45) is 2.68. The molecule has 3 atom stereocenters. The molecule has 2 aromatic heterocycles. The molecule has 2 aliphatic rings. The van der Waals surface area contributed by atoms with E-state index in [-0.39, 0.29) is 43.8 Å². The Bertz CT molecular complexity index is 1530. The van der Waals surface area contributed by atoms with Crippen molar-refractivity contribution in [3.8, 4) is 0 Å². The highest BCUT2D eigenvalue weighted by atomic mass is 19.4. The molecule has 1 aliphatic carbocycles. The van der Waals surface area contributed by atoms with E-state index in [1.54, 1.807) is 49.7 Å². The Labute approximate surface area is 266 Å². The molecule has 3 aromatic rings. The zero-order valence-corrected chi connectivity index (χ0v) is 26.3. The molecule has 5 rings (SSSR count). The zero-order valence-electron chi connectivity index (χ0n) is 26.3. The lowest BCUT2D eigenvalue weighted by Gasteiger charge is -2.41. The number of imidazole rings is 1. The third-order valence-electron chi connectivity index (χ3n) is 8.57. The molecule has 13 heteroatoms. The first kappa shape index (κ1) is 33.2. The molecule has 3 heterocycles. The first-order valence-corrected chi connectivity index (χ1v) is 15.8. The van der Waals surface area contributed by atoms with Gasteiger partial charge in [-0.25, -0.2) is 14.3 Å². The van der Waals surface area contributed by atoms with Gasteiger partial charge in [0.2, 0.25) is 5.91 Å². The van der Waals surface area contributed by atoms with Crippen LogP contribution in [0, 0.1) is 11.8 Å². The second-order valence-electron chi connectivity index (χ2n) is 13.2. The van der Waals surface area contributed by atoms with E-state index in [4.69, 9.17) is 9.72 Å². The van der Waals surface area contributed by atoms with E-state index < -0.39 is 35.7 Å². The Morgan fingerprint density at radius 3 is 2.41 bits per heavy atom. The van der Waals surface area contributed by atoms with Gasteiger partial charge in [-0.2, -0.15) is 18.3 Å². The average Bonchev–Trinajstić information content (AvgIpc) is 3.44. The smallest absolute Gasteiger partial charge is 0.410 e. The number of hydrogen-bond donors (Lipinski definition) is 2. The van der Waals surface area contributed by atoms with E-state index in [1.165, 1.54) is 6.20 Å². The van der Waals surface area contributed by atoms with Gasteiger partial charge in [-0.15, -0.1) is 0 Å². The van der Waals surface area contributed by atoms with Crippen molar-refractivity contribution in [3.05, 3.63) is 65.6 Å². The van der Waals surface area contributed by atoms with Crippen LogP contribution in [0.25, 0.3) is 5.65 Å². The molecule has 0 bridgehead atoms. The third kappa shape index (κ3) is 7.97. The van der Waals surface area contributed by atoms with E-state index in [9.17, 15) is 27.6 Å². The van der Waals surface area contributed by atoms with Crippen LogP contribution in [0.3, 0.4) is 0 Å². The van der Waals surface area contributed by atoms with Crippen molar-refractivity contribution >= 4 is 23.6 Å². The molecule has 46 heavy (non-hydrogen) atoms. The number of piperidine rings is 1. The molecule has 3 amide bonds. The molecule has 2 N–H and O–H groups in total. The van der Waals surface area contributed by atoms with Gasteiger partial charge in [0.05, 0.1) is 30.0 Å². The number of amides is 3. The van der Waals surface area contributed by atoms with Gasteiger partial charge in [-0.1, -0.05) is 37.5 Å². The molecule has 1 saturated heterocycles. The quantitative estimate of drug-likeness (QED) is 0.328. The number of aromatic nitrogens is 3. The van der Waals surface area contributed by atoms with E-state index in [1.807, 2.05) is 18.2 Å². The predicted octanol–water partition coefficient (Wildman–Crippen LogP) is 5.97. The van der Waals surface area contributed by atoms with Gasteiger partial charge in [0.1, 0.15) is 11.6 Å². The van der Waals surface area contributed by atoms with Crippen LogP contribution >= 0.6 is 0 Å². The highest BCUT2D eigenvalue weighted by molar-refractivity contribution is 5.94. The van der Waals surface area contributed by atoms with Crippen molar-refractivity contribution in [2.45, 2.75) is 96.1 Å². The minimum Gasteiger partial charge on any atom is -0.444 e. The number of halogens is 3. The fourth-order valence-electron chi connectivity index (χ4n) is 6.38. The standard InChI is InChI=1S/C33H41F3N6O4/c1-32(2,3)46-31(45)41-16-10-15-24(33(34,35)36)28(41)30(44)37-18-21-17-26-39-25(20-42(26)38-19-21)27(22-11-6-4-7-12-22)40-29(43)23-13-8-5-9-14-23/h5,8-9,13-14,17,19-20,22,24,27-28H,4,6-7,10-12,15-16,18H2,1-3H3,(H,37,44)(H,40,43)/t24-,27+,28?/m1/s1. The van der Waals surface area contributed by atoms with E-state index in [0.717, 1.165) is 37.0 Å². The number of ether oxygens (including phenoxy) is 1. The van der Waals surface area contributed by atoms with Crippen LogP contribution in [-0.2, 0) is 16.1 Å². The minimum absolute atomic E-state index is 0.0209. The molecular formula is C33H41F3N6O4. The Morgan fingerprint density at radius 2 is 1.74 bits per heavy atom. The summed E-state index contributed by atoms with van der Waals surface area (Å²) in [6.45, 7) is 4.70. The van der Waals surface area contributed by atoms with E-state index in [2.05, 4.69) is 15.7 Å². The topological polar surface area (TPSA) is 118 Å². The minimum atomic E-state index is -4.68. The van der Waals surface area contributed by atoms with E-state index in [0.29, 0.717) is 22.5 Å². The monoisotopic (exact) mass is 642 g/mol. The Kier molecular flexibility index (Phi) is 9.88. The zero-order chi connectivity index (χ0) is 33.1. The van der Waals surface area contributed by atoms with Crippen molar-refractivity contribution in [2.75, 3.05) is 6.54 Å². The predicted molar refractivity (Wildman–Crippen MR) is 164 cm³/mol. The SMILES string of the molecule is CC(C)(C)OC(=O)N1CCC[C@@H](C(F)(F)F)C1C(=O)NCc1cnn2cc([C@@H](NC(=O)c3ccccc3)C3CCCCC3)nc2c1. The first-order valence-electron chi connectivity index (χ1n) is 15.8. The number of fused-ring (bicyclic) bond motifs is 1. The number of benzene rings is 1. The van der Waals surface area contributed by atoms with Crippen molar-refractivity contribution in [1.82, 2.24) is 30.1 Å². The first-order chi connectivity index (χ1) is 21.8. The van der Waals surface area contributed by atoms with Crippen LogP contribution in [0.5, 0.6) is 0 Å². The number of carbonyl (C=O) groups is 3. The van der Waals surface area contributed by atoms with E-state index >= 15 is 0 Å². The van der Waals surface area contributed by atoms with Crippen LogP contribution in [0.2, 0.25) is 0 Å². The second kappa shape index (κ2) is 13.7. The fraction of sp³-hybridized carbons (Fsp3) is 0.545. The van der Waals surface area contributed by atoms with Crippen LogP contribution in [0.15, 0.2) is 48.8 Å². The summed E-state index contributed by atoms with van der Waals surface area (Å²) in [5, 5.41) is 10.2. The number of carbonyl (C=O) groups excluding carboxylic acids is 3. The van der Waals surface area contributed by atoms with Crippen molar-refractivity contribution < 1.29 is 32.3 Å². The molecular weight excluding hydrogens is 601 g/mol. The van der Waals surface area contributed by atoms with Gasteiger partial charge in [0.15, 0.2) is 5.65 Å². The highest BCUT2D eigenvalue weighted by Crippen LogP contribution is 2.38. The molecule has 1 aliphatic heterocycles.